The summed E-state index contributed by atoms with van der Waals surface area (Å²) >= 11 is 5.52. The molecule has 1 aliphatic heterocycles. The van der Waals surface area contributed by atoms with E-state index in [1.807, 2.05) is 0 Å². The summed E-state index contributed by atoms with van der Waals surface area (Å²) in [6.45, 7) is 0. The highest BCUT2D eigenvalue weighted by atomic mass is 32.1. The number of ether oxygens (including phenoxy) is 1. The summed E-state index contributed by atoms with van der Waals surface area (Å²) in [5.74, 6) is -1.42. The van der Waals surface area contributed by atoms with Crippen LogP contribution in [0, 0.1) is 5.82 Å². The van der Waals surface area contributed by atoms with Crippen molar-refractivity contribution in [2.75, 3.05) is 17.3 Å². The lowest BCUT2D eigenvalue weighted by molar-refractivity contribution is -0.124. The molecular formula is C24H20FN5O4S. The van der Waals surface area contributed by atoms with Gasteiger partial charge < -0.3 is 10.1 Å². The average molecular weight is 494 g/mol. The summed E-state index contributed by atoms with van der Waals surface area (Å²) < 4.78 is 18.3. The molecule has 0 spiro atoms. The Bertz CT molecular complexity index is 1260. The molecule has 2 aromatic carbocycles. The second-order valence-electron chi connectivity index (χ2n) is 7.48. The predicted octanol–water partition coefficient (Wildman–Crippen LogP) is 2.91. The fourth-order valence-electron chi connectivity index (χ4n) is 3.46. The lowest BCUT2D eigenvalue weighted by atomic mass is 10.1. The largest absolute Gasteiger partial charge is 0.497 e. The number of methoxy groups -OCH3 is 1. The molecule has 3 amide bonds. The highest BCUT2D eigenvalue weighted by Gasteiger charge is 2.45. The van der Waals surface area contributed by atoms with Gasteiger partial charge in [-0.3, -0.25) is 29.7 Å². The van der Waals surface area contributed by atoms with Crippen LogP contribution >= 0.6 is 12.2 Å². The molecule has 3 aromatic rings. The summed E-state index contributed by atoms with van der Waals surface area (Å²) in [7, 11) is 1.52. The SMILES string of the molecule is COc1ccc(N2C(=O)C(CC(=O)Nc3ccc(F)cc3)N(NC(=O)c3cccnc3)C2=S)cc1. The highest BCUT2D eigenvalue weighted by molar-refractivity contribution is 7.80. The first kappa shape index (κ1) is 23.8. The molecule has 1 atom stereocenters. The van der Waals surface area contributed by atoms with Gasteiger partial charge in [-0.05, 0) is 72.9 Å². The Balaban J connectivity index is 1.59. The van der Waals surface area contributed by atoms with Gasteiger partial charge in [-0.15, -0.1) is 0 Å². The number of rotatable bonds is 7. The molecule has 4 rings (SSSR count). The third kappa shape index (κ3) is 5.25. The fourth-order valence-corrected chi connectivity index (χ4v) is 3.83. The number of carbonyl (C=O) groups is 3. The number of halogens is 1. The zero-order valence-electron chi connectivity index (χ0n) is 18.5. The van der Waals surface area contributed by atoms with Gasteiger partial charge in [0.2, 0.25) is 11.0 Å². The van der Waals surface area contributed by atoms with Crippen molar-refractivity contribution in [2.45, 2.75) is 12.5 Å². The number of carbonyl (C=O) groups excluding carboxylic acids is 3. The van der Waals surface area contributed by atoms with Crippen molar-refractivity contribution in [3.63, 3.8) is 0 Å². The molecule has 0 aliphatic carbocycles. The number of thiocarbonyl (C=S) groups is 1. The summed E-state index contributed by atoms with van der Waals surface area (Å²) in [6, 6.07) is 13.9. The van der Waals surface area contributed by atoms with Gasteiger partial charge in [-0.1, -0.05) is 0 Å². The first-order chi connectivity index (χ1) is 16.9. The summed E-state index contributed by atoms with van der Waals surface area (Å²) in [4.78, 5) is 44.1. The number of hydrazine groups is 1. The van der Waals surface area contributed by atoms with Crippen LogP contribution in [0.5, 0.6) is 5.75 Å². The number of aromatic nitrogens is 1. The Morgan fingerprint density at radius 1 is 1.11 bits per heavy atom. The van der Waals surface area contributed by atoms with Gasteiger partial charge in [0.25, 0.3) is 11.8 Å². The second kappa shape index (κ2) is 10.3. The molecule has 35 heavy (non-hydrogen) atoms. The van der Waals surface area contributed by atoms with E-state index >= 15 is 0 Å². The Kier molecular flexibility index (Phi) is 6.97. The minimum Gasteiger partial charge on any atom is -0.497 e. The normalized spacial score (nSPS) is 15.2. The molecule has 9 nitrogen and oxygen atoms in total. The monoisotopic (exact) mass is 493 g/mol. The van der Waals surface area contributed by atoms with Gasteiger partial charge in [0.05, 0.1) is 24.8 Å². The summed E-state index contributed by atoms with van der Waals surface area (Å²) in [5.41, 5.74) is 3.68. The van der Waals surface area contributed by atoms with Gasteiger partial charge in [0.15, 0.2) is 0 Å². The number of nitrogens with one attached hydrogen (secondary N) is 2. The zero-order chi connectivity index (χ0) is 24.9. The van der Waals surface area contributed by atoms with E-state index in [2.05, 4.69) is 15.7 Å². The van der Waals surface area contributed by atoms with E-state index in [4.69, 9.17) is 17.0 Å². The maximum atomic E-state index is 13.4. The predicted molar refractivity (Wildman–Crippen MR) is 130 cm³/mol. The lowest BCUT2D eigenvalue weighted by Gasteiger charge is -2.24. The van der Waals surface area contributed by atoms with Crippen molar-refractivity contribution in [1.29, 1.82) is 0 Å². The number of benzene rings is 2. The maximum Gasteiger partial charge on any atom is 0.271 e. The van der Waals surface area contributed by atoms with E-state index in [1.54, 1.807) is 36.4 Å². The van der Waals surface area contributed by atoms with E-state index in [-0.39, 0.29) is 17.1 Å². The molecule has 0 bridgehead atoms. The molecule has 2 N–H and O–H groups in total. The number of hydrogen-bond donors (Lipinski definition) is 2. The highest BCUT2D eigenvalue weighted by Crippen LogP contribution is 2.28. The summed E-state index contributed by atoms with van der Waals surface area (Å²) in [5, 5.41) is 3.81. The Morgan fingerprint density at radius 3 is 2.46 bits per heavy atom. The number of pyridine rings is 1. The molecule has 0 radical (unpaired) electrons. The molecule has 1 fully saturated rings. The topological polar surface area (TPSA) is 104 Å². The van der Waals surface area contributed by atoms with Crippen molar-refractivity contribution < 1.29 is 23.5 Å². The van der Waals surface area contributed by atoms with Gasteiger partial charge in [0.1, 0.15) is 17.6 Å². The van der Waals surface area contributed by atoms with Crippen LogP contribution in [0.15, 0.2) is 73.1 Å². The standard InChI is InChI=1S/C24H20FN5O4S/c1-34-19-10-8-18(9-11-19)29-23(33)20(13-21(31)27-17-6-4-16(25)5-7-17)30(24(29)35)28-22(32)15-3-2-12-26-14-15/h2-12,14,20H,13H2,1H3,(H,27,31)(H,28,32). The quantitative estimate of drug-likeness (QED) is 0.488. The molecule has 0 saturated carbocycles. The van der Waals surface area contributed by atoms with Crippen LogP contribution < -0.4 is 20.4 Å². The molecule has 1 saturated heterocycles. The first-order valence-corrected chi connectivity index (χ1v) is 10.9. The van der Waals surface area contributed by atoms with E-state index in [1.165, 1.54) is 53.7 Å². The van der Waals surface area contributed by atoms with Crippen molar-refractivity contribution >= 4 is 46.4 Å². The van der Waals surface area contributed by atoms with Crippen LogP contribution in [0.25, 0.3) is 0 Å². The Hall–Kier alpha value is -4.38. The number of nitrogens with zero attached hydrogens (tertiary/aromatic N) is 3. The third-order valence-corrected chi connectivity index (χ3v) is 5.58. The van der Waals surface area contributed by atoms with Crippen LogP contribution in [0.1, 0.15) is 16.8 Å². The van der Waals surface area contributed by atoms with Crippen LogP contribution in [-0.4, -0.2) is 46.0 Å². The van der Waals surface area contributed by atoms with Gasteiger partial charge in [0, 0.05) is 18.1 Å². The molecule has 11 heteroatoms. The molecular weight excluding hydrogens is 473 g/mol. The van der Waals surface area contributed by atoms with Crippen LogP contribution in [0.3, 0.4) is 0 Å². The number of hydrogen-bond acceptors (Lipinski definition) is 6. The maximum absolute atomic E-state index is 13.4. The van der Waals surface area contributed by atoms with Crippen molar-refractivity contribution in [1.82, 2.24) is 15.4 Å². The van der Waals surface area contributed by atoms with Crippen LogP contribution in [0.4, 0.5) is 15.8 Å². The Labute approximate surface area is 205 Å². The van der Waals surface area contributed by atoms with Gasteiger partial charge in [-0.25, -0.2) is 9.40 Å². The van der Waals surface area contributed by atoms with Gasteiger partial charge >= 0.3 is 0 Å². The van der Waals surface area contributed by atoms with Crippen molar-refractivity contribution in [3.8, 4) is 5.75 Å². The van der Waals surface area contributed by atoms with Crippen LogP contribution in [-0.2, 0) is 9.59 Å². The minimum atomic E-state index is -1.12. The molecule has 1 aromatic heterocycles. The lowest BCUT2D eigenvalue weighted by Crippen LogP contribution is -2.49. The molecule has 178 valence electrons. The second-order valence-corrected chi connectivity index (χ2v) is 7.85. The third-order valence-electron chi connectivity index (χ3n) is 5.20. The molecule has 1 unspecified atom stereocenters. The van der Waals surface area contributed by atoms with E-state index in [0.29, 0.717) is 17.1 Å². The Morgan fingerprint density at radius 2 is 1.83 bits per heavy atom. The minimum absolute atomic E-state index is 0.00279. The molecule has 1 aliphatic rings. The average Bonchev–Trinajstić information content (AvgIpc) is 3.09. The smallest absolute Gasteiger partial charge is 0.271 e. The summed E-state index contributed by atoms with van der Waals surface area (Å²) in [6.07, 6.45) is 2.57. The number of amides is 3. The number of anilines is 2. The van der Waals surface area contributed by atoms with Crippen LogP contribution in [0.2, 0.25) is 0 Å². The van der Waals surface area contributed by atoms with E-state index < -0.39 is 29.6 Å². The fraction of sp³-hybridized carbons (Fsp3) is 0.125. The van der Waals surface area contributed by atoms with E-state index in [9.17, 15) is 18.8 Å². The van der Waals surface area contributed by atoms with Crippen molar-refractivity contribution in [2.24, 2.45) is 0 Å². The first-order valence-electron chi connectivity index (χ1n) is 10.4. The van der Waals surface area contributed by atoms with Gasteiger partial charge in [-0.2, -0.15) is 0 Å². The molecule has 2 heterocycles. The van der Waals surface area contributed by atoms with Crippen molar-refractivity contribution in [3.05, 3.63) is 84.4 Å². The zero-order valence-corrected chi connectivity index (χ0v) is 19.3. The van der Waals surface area contributed by atoms with E-state index in [0.717, 1.165) is 0 Å².